The summed E-state index contributed by atoms with van der Waals surface area (Å²) in [6.45, 7) is 4.49. The lowest BCUT2D eigenvalue weighted by atomic mass is 10.2. The van der Waals surface area contributed by atoms with Crippen LogP contribution in [0.15, 0.2) is 36.7 Å². The summed E-state index contributed by atoms with van der Waals surface area (Å²) in [5.74, 6) is 0.274. The second-order valence-corrected chi connectivity index (χ2v) is 5.20. The molecule has 6 heteroatoms. The predicted octanol–water partition coefficient (Wildman–Crippen LogP) is 0.831. The summed E-state index contributed by atoms with van der Waals surface area (Å²) < 4.78 is 0. The van der Waals surface area contributed by atoms with E-state index in [0.717, 1.165) is 32.7 Å². The number of nitrogens with one attached hydrogen (secondary N) is 1. The van der Waals surface area contributed by atoms with Gasteiger partial charge < -0.3 is 15.6 Å². The van der Waals surface area contributed by atoms with Crippen molar-refractivity contribution in [3.63, 3.8) is 0 Å². The number of carbonyl (C=O) groups is 1. The van der Waals surface area contributed by atoms with Crippen LogP contribution in [0.2, 0.25) is 0 Å². The van der Waals surface area contributed by atoms with E-state index in [1.165, 1.54) is 5.69 Å². The number of nitrogens with zero attached hydrogens (tertiary/aromatic N) is 3. The Hall–Kier alpha value is -2.34. The van der Waals surface area contributed by atoms with E-state index < -0.39 is 5.91 Å². The Balaban J connectivity index is 1.64. The second-order valence-electron chi connectivity index (χ2n) is 5.20. The molecule has 1 saturated heterocycles. The van der Waals surface area contributed by atoms with Crippen LogP contribution >= 0.6 is 0 Å². The molecule has 0 spiro atoms. The van der Waals surface area contributed by atoms with Crippen molar-refractivity contribution in [2.75, 3.05) is 31.1 Å². The fourth-order valence-electron chi connectivity index (χ4n) is 2.67. The van der Waals surface area contributed by atoms with Crippen LogP contribution in [0, 0.1) is 0 Å². The first-order chi connectivity index (χ1) is 10.2. The normalized spacial score (nSPS) is 16.1. The van der Waals surface area contributed by atoms with E-state index in [1.54, 1.807) is 18.3 Å². The standard InChI is InChI=1S/C15H19N5O/c16-14(21)13-4-2-6-18-15(13)20-9-7-19(8-10-20)11-12-3-1-5-17-12/h1-6,17H,7-11H2,(H2,16,21). The van der Waals surface area contributed by atoms with Gasteiger partial charge in [-0.25, -0.2) is 4.98 Å². The first kappa shape index (κ1) is 13.6. The molecule has 21 heavy (non-hydrogen) atoms. The highest BCUT2D eigenvalue weighted by atomic mass is 16.1. The zero-order valence-corrected chi connectivity index (χ0v) is 11.8. The molecule has 0 saturated carbocycles. The number of hydrogen-bond donors (Lipinski definition) is 2. The maximum atomic E-state index is 11.5. The third-order valence-corrected chi connectivity index (χ3v) is 3.78. The fraction of sp³-hybridized carbons (Fsp3) is 0.333. The largest absolute Gasteiger partial charge is 0.365 e. The first-order valence-electron chi connectivity index (χ1n) is 7.08. The number of nitrogens with two attached hydrogens (primary N) is 1. The van der Waals surface area contributed by atoms with Crippen molar-refractivity contribution in [2.45, 2.75) is 6.54 Å². The van der Waals surface area contributed by atoms with Crippen LogP contribution < -0.4 is 10.6 Å². The van der Waals surface area contributed by atoms with Gasteiger partial charge in [0.15, 0.2) is 0 Å². The van der Waals surface area contributed by atoms with Gasteiger partial charge in [0.1, 0.15) is 5.82 Å². The fourth-order valence-corrected chi connectivity index (χ4v) is 2.67. The zero-order valence-electron chi connectivity index (χ0n) is 11.8. The number of primary amides is 1. The summed E-state index contributed by atoms with van der Waals surface area (Å²) in [5, 5.41) is 0. The molecule has 1 aliphatic rings. The molecule has 0 radical (unpaired) electrons. The third-order valence-electron chi connectivity index (χ3n) is 3.78. The quantitative estimate of drug-likeness (QED) is 0.872. The van der Waals surface area contributed by atoms with Gasteiger partial charge in [-0.2, -0.15) is 0 Å². The van der Waals surface area contributed by atoms with Gasteiger partial charge in [-0.05, 0) is 24.3 Å². The van der Waals surface area contributed by atoms with Crippen LogP contribution in [-0.4, -0.2) is 47.0 Å². The topological polar surface area (TPSA) is 78.2 Å². The third kappa shape index (κ3) is 3.05. The van der Waals surface area contributed by atoms with Gasteiger partial charge in [0.25, 0.3) is 5.91 Å². The van der Waals surface area contributed by atoms with Crippen LogP contribution in [0.25, 0.3) is 0 Å². The minimum absolute atomic E-state index is 0.424. The second kappa shape index (κ2) is 5.97. The minimum Gasteiger partial charge on any atom is -0.365 e. The van der Waals surface area contributed by atoms with E-state index in [9.17, 15) is 4.79 Å². The van der Waals surface area contributed by atoms with Crippen LogP contribution in [0.5, 0.6) is 0 Å². The number of rotatable bonds is 4. The molecule has 110 valence electrons. The molecular formula is C15H19N5O. The van der Waals surface area contributed by atoms with Gasteiger partial charge in [-0.1, -0.05) is 0 Å². The van der Waals surface area contributed by atoms with Gasteiger partial charge in [0, 0.05) is 50.8 Å². The molecule has 0 bridgehead atoms. The molecule has 6 nitrogen and oxygen atoms in total. The lowest BCUT2D eigenvalue weighted by Crippen LogP contribution is -2.46. The smallest absolute Gasteiger partial charge is 0.252 e. The van der Waals surface area contributed by atoms with Gasteiger partial charge >= 0.3 is 0 Å². The Morgan fingerprint density at radius 1 is 1.24 bits per heavy atom. The van der Waals surface area contributed by atoms with Crippen molar-refractivity contribution in [3.05, 3.63) is 47.9 Å². The van der Waals surface area contributed by atoms with Crippen LogP contribution in [-0.2, 0) is 6.54 Å². The first-order valence-corrected chi connectivity index (χ1v) is 7.08. The summed E-state index contributed by atoms with van der Waals surface area (Å²) >= 11 is 0. The number of anilines is 1. The summed E-state index contributed by atoms with van der Waals surface area (Å²) in [4.78, 5) is 23.5. The SMILES string of the molecule is NC(=O)c1cccnc1N1CCN(Cc2ccc[nH]2)CC1. The Labute approximate surface area is 123 Å². The van der Waals surface area contributed by atoms with Gasteiger partial charge in [0.2, 0.25) is 0 Å². The molecule has 2 aromatic rings. The molecule has 3 N–H and O–H groups in total. The maximum absolute atomic E-state index is 11.5. The lowest BCUT2D eigenvalue weighted by molar-refractivity contribution is 0.1000. The minimum atomic E-state index is -0.424. The van der Waals surface area contributed by atoms with Crippen molar-refractivity contribution in [1.29, 1.82) is 0 Å². The van der Waals surface area contributed by atoms with E-state index in [-0.39, 0.29) is 0 Å². The van der Waals surface area contributed by atoms with E-state index >= 15 is 0 Å². The van der Waals surface area contributed by atoms with E-state index in [1.807, 2.05) is 12.3 Å². The van der Waals surface area contributed by atoms with E-state index in [2.05, 4.69) is 25.8 Å². The molecule has 3 rings (SSSR count). The van der Waals surface area contributed by atoms with Crippen LogP contribution in [0.1, 0.15) is 16.1 Å². The van der Waals surface area contributed by atoms with Crippen LogP contribution in [0.3, 0.4) is 0 Å². The molecule has 1 fully saturated rings. The molecular weight excluding hydrogens is 266 g/mol. The van der Waals surface area contributed by atoms with Crippen LogP contribution in [0.4, 0.5) is 5.82 Å². The molecule has 0 atom stereocenters. The average molecular weight is 285 g/mol. The molecule has 2 aromatic heterocycles. The lowest BCUT2D eigenvalue weighted by Gasteiger charge is -2.35. The van der Waals surface area contributed by atoms with Gasteiger partial charge in [-0.15, -0.1) is 0 Å². The van der Waals surface area contributed by atoms with E-state index in [4.69, 9.17) is 5.73 Å². The zero-order chi connectivity index (χ0) is 14.7. The number of aromatic nitrogens is 2. The number of amides is 1. The number of pyridine rings is 1. The number of hydrogen-bond acceptors (Lipinski definition) is 4. The number of carbonyl (C=O) groups excluding carboxylic acids is 1. The molecule has 0 aliphatic carbocycles. The highest BCUT2D eigenvalue weighted by Gasteiger charge is 2.21. The predicted molar refractivity (Wildman–Crippen MR) is 81.0 cm³/mol. The number of piperazine rings is 1. The van der Waals surface area contributed by atoms with Gasteiger partial charge in [-0.3, -0.25) is 9.69 Å². The summed E-state index contributed by atoms with van der Waals surface area (Å²) in [7, 11) is 0. The molecule has 3 heterocycles. The van der Waals surface area contributed by atoms with Crippen molar-refractivity contribution in [1.82, 2.24) is 14.9 Å². The summed E-state index contributed by atoms with van der Waals surface area (Å²) in [5.41, 5.74) is 7.14. The number of H-pyrrole nitrogens is 1. The van der Waals surface area contributed by atoms with Crippen molar-refractivity contribution in [2.24, 2.45) is 5.73 Å². The summed E-state index contributed by atoms with van der Waals surface area (Å²) in [6.07, 6.45) is 3.64. The van der Waals surface area contributed by atoms with Crippen molar-refractivity contribution in [3.8, 4) is 0 Å². The Bertz CT molecular complexity index is 602. The Kier molecular flexibility index (Phi) is 3.87. The van der Waals surface area contributed by atoms with Crippen molar-refractivity contribution >= 4 is 11.7 Å². The monoisotopic (exact) mass is 285 g/mol. The highest BCUT2D eigenvalue weighted by Crippen LogP contribution is 2.19. The van der Waals surface area contributed by atoms with Gasteiger partial charge in [0.05, 0.1) is 5.56 Å². The number of aromatic amines is 1. The highest BCUT2D eigenvalue weighted by molar-refractivity contribution is 5.97. The molecule has 1 aliphatic heterocycles. The van der Waals surface area contributed by atoms with Crippen molar-refractivity contribution < 1.29 is 4.79 Å². The molecule has 0 aromatic carbocycles. The molecule has 0 unspecified atom stereocenters. The summed E-state index contributed by atoms with van der Waals surface area (Å²) in [6, 6.07) is 7.58. The Morgan fingerprint density at radius 3 is 2.71 bits per heavy atom. The van der Waals surface area contributed by atoms with E-state index in [0.29, 0.717) is 11.4 Å². The maximum Gasteiger partial charge on any atom is 0.252 e. The molecule has 1 amide bonds. The average Bonchev–Trinajstić information content (AvgIpc) is 3.01. The Morgan fingerprint density at radius 2 is 2.05 bits per heavy atom.